The van der Waals surface area contributed by atoms with Crippen molar-refractivity contribution >= 4 is 11.3 Å². The van der Waals surface area contributed by atoms with E-state index < -0.39 is 0 Å². The van der Waals surface area contributed by atoms with Gasteiger partial charge in [-0.2, -0.15) is 0 Å². The first-order valence-electron chi connectivity index (χ1n) is 7.29. The Morgan fingerprint density at radius 2 is 2.29 bits per heavy atom. The van der Waals surface area contributed by atoms with Gasteiger partial charge < -0.3 is 9.52 Å². The van der Waals surface area contributed by atoms with Gasteiger partial charge in [0.1, 0.15) is 5.76 Å². The molecule has 0 unspecified atom stereocenters. The fraction of sp³-hybridized carbons (Fsp3) is 0.412. The lowest BCUT2D eigenvalue weighted by Crippen LogP contribution is -2.24. The van der Waals surface area contributed by atoms with Crippen molar-refractivity contribution in [2.24, 2.45) is 0 Å². The van der Waals surface area contributed by atoms with Crippen LogP contribution in [0.15, 0.2) is 34.3 Å². The lowest BCUT2D eigenvalue weighted by molar-refractivity contribution is 0.227. The van der Waals surface area contributed by atoms with Crippen LogP contribution >= 0.6 is 11.3 Å². The van der Waals surface area contributed by atoms with Gasteiger partial charge in [-0.25, -0.2) is 0 Å². The molecular formula is C17H19NO2S. The molecule has 0 aromatic carbocycles. The van der Waals surface area contributed by atoms with Gasteiger partial charge in [-0.05, 0) is 31.0 Å². The summed E-state index contributed by atoms with van der Waals surface area (Å²) in [6, 6.07) is 6.84. The van der Waals surface area contributed by atoms with E-state index in [1.54, 1.807) is 17.6 Å². The van der Waals surface area contributed by atoms with Gasteiger partial charge in [0.2, 0.25) is 0 Å². The first kappa shape index (κ1) is 14.4. The Labute approximate surface area is 129 Å². The maximum Gasteiger partial charge on any atom is 0.117 e. The lowest BCUT2D eigenvalue weighted by atomic mass is 10.3. The van der Waals surface area contributed by atoms with Gasteiger partial charge in [0.05, 0.1) is 19.4 Å². The van der Waals surface area contributed by atoms with Crippen LogP contribution < -0.4 is 0 Å². The van der Waals surface area contributed by atoms with Crippen LogP contribution in [0.5, 0.6) is 0 Å². The Morgan fingerprint density at radius 3 is 3.00 bits per heavy atom. The summed E-state index contributed by atoms with van der Waals surface area (Å²) in [6.07, 6.45) is 4.85. The summed E-state index contributed by atoms with van der Waals surface area (Å²) in [7, 11) is 0. The molecule has 110 valence electrons. The summed E-state index contributed by atoms with van der Waals surface area (Å²) in [5.41, 5.74) is 1.05. The van der Waals surface area contributed by atoms with Gasteiger partial charge in [-0.3, -0.25) is 4.90 Å². The summed E-state index contributed by atoms with van der Waals surface area (Å²) < 4.78 is 5.47. The van der Waals surface area contributed by atoms with E-state index in [0.717, 1.165) is 24.4 Å². The predicted molar refractivity (Wildman–Crippen MR) is 83.9 cm³/mol. The third-order valence-electron chi connectivity index (χ3n) is 3.48. The standard InChI is InChI=1S/C17H19NO2S/c19-8-2-1-4-14-10-17(21-13-14)12-18(15-6-7-15)11-16-5-3-9-20-16/h3,5,9-10,13,15,19H,2,6-8,11-12H2. The van der Waals surface area contributed by atoms with Gasteiger partial charge in [0, 0.05) is 34.8 Å². The Hall–Kier alpha value is -1.54. The molecule has 2 aromatic heterocycles. The zero-order valence-electron chi connectivity index (χ0n) is 11.9. The van der Waals surface area contributed by atoms with E-state index in [4.69, 9.17) is 9.52 Å². The molecule has 4 heteroatoms. The third kappa shape index (κ3) is 4.21. The minimum Gasteiger partial charge on any atom is -0.468 e. The highest BCUT2D eigenvalue weighted by atomic mass is 32.1. The maximum absolute atomic E-state index is 8.74. The van der Waals surface area contributed by atoms with Crippen LogP contribution in [0, 0.1) is 11.8 Å². The average molecular weight is 301 g/mol. The second-order valence-corrected chi connectivity index (χ2v) is 6.29. The van der Waals surface area contributed by atoms with Crippen molar-refractivity contribution in [2.45, 2.75) is 38.4 Å². The molecular weight excluding hydrogens is 282 g/mol. The van der Waals surface area contributed by atoms with E-state index >= 15 is 0 Å². The molecule has 0 spiro atoms. The van der Waals surface area contributed by atoms with E-state index in [1.165, 1.54) is 17.7 Å². The van der Waals surface area contributed by atoms with Gasteiger partial charge in [-0.15, -0.1) is 11.3 Å². The number of aliphatic hydroxyl groups is 1. The van der Waals surface area contributed by atoms with Gasteiger partial charge >= 0.3 is 0 Å². The summed E-state index contributed by atoms with van der Waals surface area (Å²) in [4.78, 5) is 3.82. The molecule has 0 amide bonds. The fourth-order valence-electron chi connectivity index (χ4n) is 2.31. The van der Waals surface area contributed by atoms with E-state index in [-0.39, 0.29) is 6.61 Å². The van der Waals surface area contributed by atoms with Crippen molar-refractivity contribution in [2.75, 3.05) is 6.61 Å². The number of hydrogen-bond acceptors (Lipinski definition) is 4. The average Bonchev–Trinajstić information content (AvgIpc) is 3.03. The van der Waals surface area contributed by atoms with Gasteiger partial charge in [0.25, 0.3) is 0 Å². The number of furan rings is 1. The second kappa shape index (κ2) is 6.95. The molecule has 2 aromatic rings. The molecule has 3 nitrogen and oxygen atoms in total. The SMILES string of the molecule is OCCC#Cc1csc(CN(Cc2ccco2)C2CC2)c1. The Balaban J connectivity index is 1.62. The third-order valence-corrected chi connectivity index (χ3v) is 4.41. The normalized spacial score (nSPS) is 14.2. The van der Waals surface area contributed by atoms with E-state index in [0.29, 0.717) is 12.5 Å². The highest BCUT2D eigenvalue weighted by molar-refractivity contribution is 7.10. The quantitative estimate of drug-likeness (QED) is 0.832. The van der Waals surface area contributed by atoms with Crippen LogP contribution in [0.4, 0.5) is 0 Å². The molecule has 0 radical (unpaired) electrons. The Kier molecular flexibility index (Phi) is 4.76. The zero-order valence-corrected chi connectivity index (χ0v) is 12.7. The van der Waals surface area contributed by atoms with E-state index in [2.05, 4.69) is 28.2 Å². The zero-order chi connectivity index (χ0) is 14.5. The molecule has 2 heterocycles. The number of hydrogen-bond donors (Lipinski definition) is 1. The summed E-state index contributed by atoms with van der Waals surface area (Å²) in [5.74, 6) is 7.09. The number of aliphatic hydroxyl groups excluding tert-OH is 1. The van der Waals surface area contributed by atoms with E-state index in [9.17, 15) is 0 Å². The van der Waals surface area contributed by atoms with Crippen molar-refractivity contribution in [3.8, 4) is 11.8 Å². The minimum absolute atomic E-state index is 0.128. The van der Waals surface area contributed by atoms with Crippen molar-refractivity contribution in [3.63, 3.8) is 0 Å². The van der Waals surface area contributed by atoms with Crippen LogP contribution in [0.3, 0.4) is 0 Å². The van der Waals surface area contributed by atoms with Crippen molar-refractivity contribution in [1.29, 1.82) is 0 Å². The molecule has 0 bridgehead atoms. The monoisotopic (exact) mass is 301 g/mol. The summed E-state index contributed by atoms with van der Waals surface area (Å²) >= 11 is 1.76. The largest absolute Gasteiger partial charge is 0.468 e. The highest BCUT2D eigenvalue weighted by Gasteiger charge is 2.29. The molecule has 0 saturated heterocycles. The predicted octanol–water partition coefficient (Wildman–Crippen LogP) is 3.24. The number of thiophene rings is 1. The van der Waals surface area contributed by atoms with Crippen LogP contribution in [0.2, 0.25) is 0 Å². The van der Waals surface area contributed by atoms with Crippen molar-refractivity contribution in [1.82, 2.24) is 4.90 Å². The summed E-state index contributed by atoms with van der Waals surface area (Å²) in [6.45, 7) is 1.96. The van der Waals surface area contributed by atoms with Crippen LogP contribution in [0.25, 0.3) is 0 Å². The molecule has 3 rings (SSSR count). The smallest absolute Gasteiger partial charge is 0.117 e. The number of rotatable bonds is 6. The summed E-state index contributed by atoms with van der Waals surface area (Å²) in [5, 5.41) is 10.8. The molecule has 1 fully saturated rings. The van der Waals surface area contributed by atoms with Gasteiger partial charge in [-0.1, -0.05) is 11.8 Å². The molecule has 1 saturated carbocycles. The van der Waals surface area contributed by atoms with Crippen LogP contribution in [0.1, 0.15) is 35.5 Å². The highest BCUT2D eigenvalue weighted by Crippen LogP contribution is 2.31. The lowest BCUT2D eigenvalue weighted by Gasteiger charge is -2.19. The van der Waals surface area contributed by atoms with Crippen LogP contribution in [-0.4, -0.2) is 22.7 Å². The first-order valence-corrected chi connectivity index (χ1v) is 8.16. The Morgan fingerprint density at radius 1 is 1.38 bits per heavy atom. The first-order chi connectivity index (χ1) is 10.3. The van der Waals surface area contributed by atoms with Crippen molar-refractivity contribution < 1.29 is 9.52 Å². The molecule has 0 atom stereocenters. The minimum atomic E-state index is 0.128. The number of nitrogens with zero attached hydrogens (tertiary/aromatic N) is 1. The maximum atomic E-state index is 8.74. The topological polar surface area (TPSA) is 36.6 Å². The van der Waals surface area contributed by atoms with Gasteiger partial charge in [0.15, 0.2) is 0 Å². The van der Waals surface area contributed by atoms with Crippen molar-refractivity contribution in [3.05, 3.63) is 46.0 Å². The second-order valence-electron chi connectivity index (χ2n) is 5.29. The molecule has 1 aliphatic rings. The Bertz CT molecular complexity index is 617. The fourth-order valence-corrected chi connectivity index (χ4v) is 3.15. The van der Waals surface area contributed by atoms with E-state index in [1.807, 2.05) is 12.1 Å². The van der Waals surface area contributed by atoms with Crippen LogP contribution in [-0.2, 0) is 13.1 Å². The molecule has 21 heavy (non-hydrogen) atoms. The molecule has 0 aliphatic heterocycles. The molecule has 1 aliphatic carbocycles. The molecule has 1 N–H and O–H groups in total.